The third kappa shape index (κ3) is 4.97. The minimum absolute atomic E-state index is 0.0334. The first-order chi connectivity index (χ1) is 8.65. The van der Waals surface area contributed by atoms with Crippen LogP contribution in [-0.2, 0) is 9.47 Å². The van der Waals surface area contributed by atoms with Crippen LogP contribution in [-0.4, -0.2) is 36.5 Å². The molecule has 4 nitrogen and oxygen atoms in total. The van der Waals surface area contributed by atoms with Gasteiger partial charge in [-0.2, -0.15) is 8.78 Å². The molecule has 0 saturated heterocycles. The Balaban J connectivity index is 2.61. The molecule has 100 valence electrons. The molecule has 0 atom stereocenters. The van der Waals surface area contributed by atoms with Crippen LogP contribution in [0, 0.1) is 0 Å². The zero-order valence-electron chi connectivity index (χ0n) is 9.77. The molecule has 1 aromatic heterocycles. The molecule has 0 aliphatic rings. The lowest BCUT2D eigenvalue weighted by molar-refractivity contribution is 0.0331. The predicted octanol–water partition coefficient (Wildman–Crippen LogP) is 2.59. The Morgan fingerprint density at radius 1 is 1.50 bits per heavy atom. The molecule has 0 N–H and O–H groups in total. The van der Waals surface area contributed by atoms with E-state index >= 15 is 0 Å². The van der Waals surface area contributed by atoms with Gasteiger partial charge >= 0.3 is 5.97 Å². The lowest BCUT2D eigenvalue weighted by Crippen LogP contribution is -2.12. The molecule has 1 rings (SSSR count). The van der Waals surface area contributed by atoms with E-state index in [4.69, 9.17) is 9.47 Å². The van der Waals surface area contributed by atoms with Crippen LogP contribution in [0.4, 0.5) is 8.78 Å². The first-order valence-electron chi connectivity index (χ1n) is 5.29. The maximum Gasteiger partial charge on any atom is 0.340 e. The molecule has 7 heteroatoms. The molecule has 0 aliphatic carbocycles. The molecule has 0 fully saturated rings. The lowest BCUT2D eigenvalue weighted by Gasteiger charge is -2.08. The van der Waals surface area contributed by atoms with Crippen molar-refractivity contribution in [1.82, 2.24) is 4.98 Å². The van der Waals surface area contributed by atoms with Crippen molar-refractivity contribution < 1.29 is 23.0 Å². The highest BCUT2D eigenvalue weighted by Crippen LogP contribution is 2.26. The van der Waals surface area contributed by atoms with E-state index in [1.807, 2.05) is 6.92 Å². The normalized spacial score (nSPS) is 10.7. The number of ether oxygens (including phenoxy) is 2. The summed E-state index contributed by atoms with van der Waals surface area (Å²) in [5.74, 6) is -3.30. The number of carbonyl (C=O) groups is 1. The highest BCUT2D eigenvalue weighted by Gasteiger charge is 2.17. The zero-order valence-corrected chi connectivity index (χ0v) is 10.6. The molecule has 0 saturated carbocycles. The average Bonchev–Trinajstić information content (AvgIpc) is 2.34. The van der Waals surface area contributed by atoms with Gasteiger partial charge in [-0.05, 0) is 30.8 Å². The van der Waals surface area contributed by atoms with Crippen molar-refractivity contribution in [2.45, 2.75) is 17.7 Å². The summed E-state index contributed by atoms with van der Waals surface area (Å²) in [7, 11) is 0. The van der Waals surface area contributed by atoms with Crippen LogP contribution in [0.25, 0.3) is 0 Å². The highest BCUT2D eigenvalue weighted by atomic mass is 32.2. The van der Waals surface area contributed by atoms with Gasteiger partial charge in [0.2, 0.25) is 0 Å². The van der Waals surface area contributed by atoms with Crippen LogP contribution >= 0.6 is 11.8 Å². The van der Waals surface area contributed by atoms with Crippen molar-refractivity contribution in [3.8, 4) is 0 Å². The van der Waals surface area contributed by atoms with E-state index < -0.39 is 11.7 Å². The van der Waals surface area contributed by atoms with Crippen LogP contribution in [0.5, 0.6) is 0 Å². The quantitative estimate of drug-likeness (QED) is 0.435. The van der Waals surface area contributed by atoms with Crippen molar-refractivity contribution >= 4 is 17.7 Å². The van der Waals surface area contributed by atoms with Crippen molar-refractivity contribution in [2.24, 2.45) is 0 Å². The van der Waals surface area contributed by atoms with E-state index in [0.717, 1.165) is 0 Å². The Kier molecular flexibility index (Phi) is 6.59. The first kappa shape index (κ1) is 14.8. The maximum absolute atomic E-state index is 12.3. The molecule has 0 radical (unpaired) electrons. The molecular weight excluding hydrogens is 264 g/mol. The van der Waals surface area contributed by atoms with Gasteiger partial charge in [0.15, 0.2) is 0 Å². The summed E-state index contributed by atoms with van der Waals surface area (Å²) in [6.45, 7) is 2.71. The number of pyridine rings is 1. The van der Waals surface area contributed by atoms with Gasteiger partial charge < -0.3 is 9.47 Å². The summed E-state index contributed by atoms with van der Waals surface area (Å²) in [6, 6.07) is 2.90. The van der Waals surface area contributed by atoms with Gasteiger partial charge in [-0.3, -0.25) is 0 Å². The molecule has 1 aromatic rings. The van der Waals surface area contributed by atoms with Crippen molar-refractivity contribution in [1.29, 1.82) is 0 Å². The number of esters is 1. The van der Waals surface area contributed by atoms with Crippen LogP contribution in [0.1, 0.15) is 17.3 Å². The third-order valence-corrected chi connectivity index (χ3v) is 2.58. The molecule has 0 amide bonds. The SMILES string of the molecule is CCOCCOC(=O)c1cccnc1SC(F)F. The molecule has 18 heavy (non-hydrogen) atoms. The topological polar surface area (TPSA) is 48.4 Å². The molecular formula is C11H13F2NO3S. The van der Waals surface area contributed by atoms with Gasteiger partial charge in [0.05, 0.1) is 12.2 Å². The van der Waals surface area contributed by atoms with Gasteiger partial charge in [0.1, 0.15) is 11.6 Å². The van der Waals surface area contributed by atoms with Crippen LogP contribution in [0.2, 0.25) is 0 Å². The highest BCUT2D eigenvalue weighted by molar-refractivity contribution is 7.99. The van der Waals surface area contributed by atoms with Gasteiger partial charge in [-0.1, -0.05) is 0 Å². The summed E-state index contributed by atoms with van der Waals surface area (Å²) in [4.78, 5) is 15.4. The van der Waals surface area contributed by atoms with Gasteiger partial charge in [-0.15, -0.1) is 0 Å². The number of aromatic nitrogens is 1. The van der Waals surface area contributed by atoms with Crippen molar-refractivity contribution in [3.05, 3.63) is 23.9 Å². The Bertz CT molecular complexity index is 390. The van der Waals surface area contributed by atoms with E-state index in [1.165, 1.54) is 18.3 Å². The minimum atomic E-state index is -2.63. The molecule has 0 spiro atoms. The summed E-state index contributed by atoms with van der Waals surface area (Å²) < 4.78 is 34.4. The second-order valence-corrected chi connectivity index (χ2v) is 4.05. The number of rotatable bonds is 7. The van der Waals surface area contributed by atoms with E-state index in [2.05, 4.69) is 4.98 Å². The van der Waals surface area contributed by atoms with Crippen LogP contribution in [0.3, 0.4) is 0 Å². The van der Waals surface area contributed by atoms with E-state index in [0.29, 0.717) is 6.61 Å². The van der Waals surface area contributed by atoms with E-state index in [-0.39, 0.29) is 35.6 Å². The monoisotopic (exact) mass is 277 g/mol. The standard InChI is InChI=1S/C11H13F2NO3S/c1-2-16-6-7-17-10(15)8-4-3-5-14-9(8)18-11(12)13/h3-5,11H,2,6-7H2,1H3. The van der Waals surface area contributed by atoms with E-state index in [9.17, 15) is 13.6 Å². The number of thioether (sulfide) groups is 1. The van der Waals surface area contributed by atoms with Gasteiger partial charge in [0.25, 0.3) is 5.76 Å². The number of alkyl halides is 2. The maximum atomic E-state index is 12.3. The second-order valence-electron chi connectivity index (χ2n) is 3.07. The fraction of sp³-hybridized carbons (Fsp3) is 0.455. The molecule has 0 bridgehead atoms. The Labute approximate surface area is 108 Å². The van der Waals surface area contributed by atoms with Crippen LogP contribution < -0.4 is 0 Å². The van der Waals surface area contributed by atoms with E-state index in [1.54, 1.807) is 0 Å². The number of halogens is 2. The second kappa shape index (κ2) is 7.99. The predicted molar refractivity (Wildman–Crippen MR) is 62.9 cm³/mol. The van der Waals surface area contributed by atoms with Gasteiger partial charge in [0, 0.05) is 12.8 Å². The van der Waals surface area contributed by atoms with Crippen molar-refractivity contribution in [3.63, 3.8) is 0 Å². The summed E-state index contributed by atoms with van der Waals surface area (Å²) in [5.41, 5.74) is 0.0410. The molecule has 0 unspecified atom stereocenters. The average molecular weight is 277 g/mol. The van der Waals surface area contributed by atoms with Gasteiger partial charge in [-0.25, -0.2) is 9.78 Å². The number of hydrogen-bond acceptors (Lipinski definition) is 5. The summed E-state index contributed by atoms with van der Waals surface area (Å²) in [6.07, 6.45) is 1.35. The van der Waals surface area contributed by atoms with Crippen LogP contribution in [0.15, 0.2) is 23.4 Å². The fourth-order valence-corrected chi connectivity index (χ4v) is 1.71. The molecule has 0 aliphatic heterocycles. The minimum Gasteiger partial charge on any atom is -0.460 e. The Morgan fingerprint density at radius 3 is 2.94 bits per heavy atom. The molecule has 1 heterocycles. The lowest BCUT2D eigenvalue weighted by atomic mass is 10.3. The number of hydrogen-bond donors (Lipinski definition) is 0. The summed E-state index contributed by atoms with van der Waals surface area (Å²) in [5, 5.41) is -0.0334. The third-order valence-electron chi connectivity index (χ3n) is 1.86. The van der Waals surface area contributed by atoms with Crippen molar-refractivity contribution in [2.75, 3.05) is 19.8 Å². The Hall–Kier alpha value is -1.21. The molecule has 0 aromatic carbocycles. The first-order valence-corrected chi connectivity index (χ1v) is 6.17. The number of carbonyl (C=O) groups excluding carboxylic acids is 1. The number of nitrogens with zero attached hydrogens (tertiary/aromatic N) is 1. The summed E-state index contributed by atoms with van der Waals surface area (Å²) >= 11 is 0.221. The Morgan fingerprint density at radius 2 is 2.28 bits per heavy atom. The zero-order chi connectivity index (χ0) is 13.4. The fourth-order valence-electron chi connectivity index (χ4n) is 1.14. The largest absolute Gasteiger partial charge is 0.460 e. The smallest absolute Gasteiger partial charge is 0.340 e.